The van der Waals surface area contributed by atoms with Gasteiger partial charge in [-0.05, 0) is 36.4 Å². The van der Waals surface area contributed by atoms with Crippen molar-refractivity contribution < 1.29 is 13.9 Å². The highest BCUT2D eigenvalue weighted by Gasteiger charge is 2.23. The quantitative estimate of drug-likeness (QED) is 0.346. The summed E-state index contributed by atoms with van der Waals surface area (Å²) >= 11 is 1.40. The number of hydrogen-bond acceptors (Lipinski definition) is 7. The molecule has 0 N–H and O–H groups in total. The van der Waals surface area contributed by atoms with Crippen molar-refractivity contribution in [2.24, 2.45) is 0 Å². The lowest BCUT2D eigenvalue weighted by molar-refractivity contribution is -0.128. The third-order valence-electron chi connectivity index (χ3n) is 6.04. The molecule has 1 aliphatic rings. The van der Waals surface area contributed by atoms with Crippen LogP contribution in [0.5, 0.6) is 5.75 Å². The number of methoxy groups -OCH3 is 1. The molecular weight excluding hydrogens is 462 g/mol. The summed E-state index contributed by atoms with van der Waals surface area (Å²) < 4.78 is 13.1. The fourth-order valence-corrected chi connectivity index (χ4v) is 5.04. The molecular formula is C26H27N5O3S. The smallest absolute Gasteiger partial charge is 0.233 e. The van der Waals surface area contributed by atoms with Crippen LogP contribution in [0.1, 0.15) is 5.76 Å². The van der Waals surface area contributed by atoms with Gasteiger partial charge < -0.3 is 19.0 Å². The molecule has 9 heteroatoms. The highest BCUT2D eigenvalue weighted by Crippen LogP contribution is 2.31. The van der Waals surface area contributed by atoms with Crippen molar-refractivity contribution in [2.45, 2.75) is 11.7 Å². The summed E-state index contributed by atoms with van der Waals surface area (Å²) in [6.45, 7) is 3.53. The summed E-state index contributed by atoms with van der Waals surface area (Å²) in [4.78, 5) is 17.3. The van der Waals surface area contributed by atoms with E-state index < -0.39 is 0 Å². The first-order chi connectivity index (χ1) is 17.2. The number of thioether (sulfide) groups is 1. The van der Waals surface area contributed by atoms with E-state index in [1.165, 1.54) is 17.4 Å². The Balaban J connectivity index is 1.28. The molecule has 4 aromatic rings. The number of hydrogen-bond donors (Lipinski definition) is 0. The molecule has 0 saturated carbocycles. The lowest BCUT2D eigenvalue weighted by Gasteiger charge is -2.36. The average Bonchev–Trinajstić information content (AvgIpc) is 3.58. The normalized spacial score (nSPS) is 13.7. The first kappa shape index (κ1) is 23.0. The van der Waals surface area contributed by atoms with E-state index in [2.05, 4.69) is 27.2 Å². The van der Waals surface area contributed by atoms with Crippen molar-refractivity contribution in [1.82, 2.24) is 19.7 Å². The summed E-state index contributed by atoms with van der Waals surface area (Å²) in [5.74, 6) is 2.57. The highest BCUT2D eigenvalue weighted by atomic mass is 32.2. The molecule has 35 heavy (non-hydrogen) atoms. The van der Waals surface area contributed by atoms with Crippen molar-refractivity contribution >= 4 is 23.4 Å². The molecule has 1 aliphatic heterocycles. The lowest BCUT2D eigenvalue weighted by atomic mass is 10.2. The number of piperazine rings is 1. The zero-order chi connectivity index (χ0) is 24.0. The van der Waals surface area contributed by atoms with E-state index in [1.807, 2.05) is 64.1 Å². The van der Waals surface area contributed by atoms with Crippen molar-refractivity contribution in [3.8, 4) is 17.1 Å². The van der Waals surface area contributed by atoms with Gasteiger partial charge in [-0.3, -0.25) is 9.36 Å². The van der Waals surface area contributed by atoms with E-state index in [4.69, 9.17) is 9.15 Å². The van der Waals surface area contributed by atoms with Gasteiger partial charge in [-0.2, -0.15) is 0 Å². The number of anilines is 1. The molecule has 0 aliphatic carbocycles. The maximum Gasteiger partial charge on any atom is 0.233 e. The molecule has 1 fully saturated rings. The van der Waals surface area contributed by atoms with Gasteiger partial charge >= 0.3 is 0 Å². The predicted octanol–water partition coefficient (Wildman–Crippen LogP) is 4.04. The van der Waals surface area contributed by atoms with Crippen LogP contribution in [-0.4, -0.2) is 64.6 Å². The second-order valence-electron chi connectivity index (χ2n) is 8.16. The maximum absolute atomic E-state index is 13.0. The third-order valence-corrected chi connectivity index (χ3v) is 6.99. The molecule has 180 valence electrons. The molecule has 0 unspecified atom stereocenters. The minimum Gasteiger partial charge on any atom is -0.496 e. The van der Waals surface area contributed by atoms with E-state index in [0.29, 0.717) is 42.1 Å². The molecule has 0 atom stereocenters. The van der Waals surface area contributed by atoms with Crippen molar-refractivity contribution in [3.63, 3.8) is 0 Å². The number of aromatic nitrogens is 3. The molecule has 0 spiro atoms. The number of furan rings is 1. The fraction of sp³-hybridized carbons (Fsp3) is 0.269. The number of ether oxygens (including phenoxy) is 1. The van der Waals surface area contributed by atoms with Crippen LogP contribution in [0.15, 0.2) is 82.6 Å². The van der Waals surface area contributed by atoms with Crippen LogP contribution in [0, 0.1) is 0 Å². The number of carbonyl (C=O) groups is 1. The van der Waals surface area contributed by atoms with E-state index in [-0.39, 0.29) is 5.91 Å². The number of carbonyl (C=O) groups excluding carboxylic acids is 1. The summed E-state index contributed by atoms with van der Waals surface area (Å²) in [6.07, 6.45) is 1.65. The van der Waals surface area contributed by atoms with Crippen LogP contribution < -0.4 is 9.64 Å². The molecule has 1 saturated heterocycles. The number of benzene rings is 2. The van der Waals surface area contributed by atoms with Gasteiger partial charge in [0.25, 0.3) is 0 Å². The van der Waals surface area contributed by atoms with Crippen molar-refractivity contribution in [2.75, 3.05) is 43.9 Å². The fourth-order valence-electron chi connectivity index (χ4n) is 4.20. The molecule has 2 aromatic heterocycles. The van der Waals surface area contributed by atoms with Gasteiger partial charge in [0.15, 0.2) is 11.0 Å². The molecule has 1 amide bonds. The van der Waals surface area contributed by atoms with Gasteiger partial charge in [0.05, 0.1) is 31.2 Å². The molecule has 2 aromatic carbocycles. The minimum atomic E-state index is 0.106. The lowest BCUT2D eigenvalue weighted by Crippen LogP contribution is -2.49. The molecule has 0 radical (unpaired) electrons. The van der Waals surface area contributed by atoms with Gasteiger partial charge in [0.2, 0.25) is 5.91 Å². The number of amides is 1. The maximum atomic E-state index is 13.0. The summed E-state index contributed by atoms with van der Waals surface area (Å²) in [5, 5.41) is 9.53. The minimum absolute atomic E-state index is 0.106. The van der Waals surface area contributed by atoms with Gasteiger partial charge in [-0.25, -0.2) is 0 Å². The van der Waals surface area contributed by atoms with Gasteiger partial charge in [0.1, 0.15) is 11.5 Å². The predicted molar refractivity (Wildman–Crippen MR) is 136 cm³/mol. The van der Waals surface area contributed by atoms with E-state index >= 15 is 0 Å². The van der Waals surface area contributed by atoms with E-state index in [0.717, 1.165) is 24.4 Å². The van der Waals surface area contributed by atoms with Gasteiger partial charge in [-0.1, -0.05) is 42.1 Å². The second-order valence-corrected chi connectivity index (χ2v) is 9.11. The third kappa shape index (κ3) is 5.19. The van der Waals surface area contributed by atoms with Crippen LogP contribution in [-0.2, 0) is 11.3 Å². The van der Waals surface area contributed by atoms with Crippen molar-refractivity contribution in [3.05, 3.63) is 78.8 Å². The Morgan fingerprint density at radius 2 is 1.74 bits per heavy atom. The Morgan fingerprint density at radius 1 is 0.971 bits per heavy atom. The van der Waals surface area contributed by atoms with Gasteiger partial charge in [0, 0.05) is 31.9 Å². The van der Waals surface area contributed by atoms with Crippen LogP contribution in [0.25, 0.3) is 11.4 Å². The first-order valence-corrected chi connectivity index (χ1v) is 12.5. The largest absolute Gasteiger partial charge is 0.496 e. The zero-order valence-corrected chi connectivity index (χ0v) is 20.4. The number of rotatable bonds is 8. The Labute approximate surface area is 208 Å². The topological polar surface area (TPSA) is 76.6 Å². The molecule has 0 bridgehead atoms. The monoisotopic (exact) mass is 489 g/mol. The Bertz CT molecular complexity index is 1250. The Hall–Kier alpha value is -3.72. The average molecular weight is 490 g/mol. The molecule has 5 rings (SSSR count). The number of para-hydroxylation sites is 2. The number of nitrogens with zero attached hydrogens (tertiary/aromatic N) is 5. The summed E-state index contributed by atoms with van der Waals surface area (Å²) in [7, 11) is 1.64. The van der Waals surface area contributed by atoms with Crippen LogP contribution >= 0.6 is 11.8 Å². The Morgan fingerprint density at radius 3 is 2.49 bits per heavy atom. The van der Waals surface area contributed by atoms with Crippen molar-refractivity contribution in [1.29, 1.82) is 0 Å². The summed E-state index contributed by atoms with van der Waals surface area (Å²) in [6, 6.07) is 21.8. The SMILES string of the molecule is COc1ccccc1-c1nnc(SCC(=O)N2CCN(c3ccccc3)CC2)n1Cc1ccco1. The van der Waals surface area contributed by atoms with Crippen LogP contribution in [0.4, 0.5) is 5.69 Å². The first-order valence-electron chi connectivity index (χ1n) is 11.5. The standard InChI is InChI=1S/C26H27N5O3S/c1-33-23-12-6-5-11-22(23)25-27-28-26(31(25)18-21-10-7-17-34-21)35-19-24(32)30-15-13-29(14-16-30)20-8-3-2-4-9-20/h2-12,17H,13-16,18-19H2,1H3. The zero-order valence-electron chi connectivity index (χ0n) is 19.5. The highest BCUT2D eigenvalue weighted by molar-refractivity contribution is 7.99. The molecule has 3 heterocycles. The van der Waals surface area contributed by atoms with Crippen LogP contribution in [0.3, 0.4) is 0 Å². The van der Waals surface area contributed by atoms with Crippen LogP contribution in [0.2, 0.25) is 0 Å². The Kier molecular flexibility index (Phi) is 7.04. The molecule has 8 nitrogen and oxygen atoms in total. The second kappa shape index (κ2) is 10.7. The van der Waals surface area contributed by atoms with Gasteiger partial charge in [-0.15, -0.1) is 10.2 Å². The van der Waals surface area contributed by atoms with E-state index in [9.17, 15) is 4.79 Å². The summed E-state index contributed by atoms with van der Waals surface area (Å²) in [5.41, 5.74) is 2.04. The van der Waals surface area contributed by atoms with E-state index in [1.54, 1.807) is 13.4 Å².